The lowest BCUT2D eigenvalue weighted by Crippen LogP contribution is -2.18. The Hall–Kier alpha value is -1.91. The van der Waals surface area contributed by atoms with Gasteiger partial charge in [-0.2, -0.15) is 0 Å². The SMILES string of the molecule is COC(=O)C(=O)Cc1cc(OC)ccc1F. The van der Waals surface area contributed by atoms with E-state index in [9.17, 15) is 14.0 Å². The van der Waals surface area contributed by atoms with Crippen molar-refractivity contribution in [1.82, 2.24) is 0 Å². The van der Waals surface area contributed by atoms with E-state index < -0.39 is 17.6 Å². The molecule has 0 saturated heterocycles. The Morgan fingerprint density at radius 1 is 1.31 bits per heavy atom. The molecule has 0 aliphatic carbocycles. The Labute approximate surface area is 92.0 Å². The highest BCUT2D eigenvalue weighted by Gasteiger charge is 2.17. The molecule has 86 valence electrons. The van der Waals surface area contributed by atoms with Gasteiger partial charge >= 0.3 is 5.97 Å². The number of hydrogen-bond acceptors (Lipinski definition) is 4. The predicted octanol–water partition coefficient (Wildman–Crippen LogP) is 1.12. The fourth-order valence-corrected chi connectivity index (χ4v) is 1.17. The number of Topliss-reactive ketones (excluding diaryl/α,β-unsaturated/α-hetero) is 1. The molecule has 16 heavy (non-hydrogen) atoms. The standard InChI is InChI=1S/C11H11FO4/c1-15-8-3-4-9(12)7(5-8)6-10(13)11(14)16-2/h3-5H,6H2,1-2H3. The first-order valence-corrected chi connectivity index (χ1v) is 4.52. The van der Waals surface area contributed by atoms with Crippen molar-refractivity contribution in [1.29, 1.82) is 0 Å². The maximum Gasteiger partial charge on any atom is 0.374 e. The lowest BCUT2D eigenvalue weighted by molar-refractivity contribution is -0.151. The molecule has 0 fully saturated rings. The van der Waals surface area contributed by atoms with Gasteiger partial charge in [-0.3, -0.25) is 4.79 Å². The minimum Gasteiger partial charge on any atom is -0.497 e. The number of hydrogen-bond donors (Lipinski definition) is 0. The third-order valence-corrected chi connectivity index (χ3v) is 2.02. The smallest absolute Gasteiger partial charge is 0.374 e. The molecule has 0 heterocycles. The normalized spacial score (nSPS) is 9.69. The summed E-state index contributed by atoms with van der Waals surface area (Å²) >= 11 is 0. The molecule has 0 saturated carbocycles. The Kier molecular flexibility index (Phi) is 3.99. The molecule has 0 spiro atoms. The summed E-state index contributed by atoms with van der Waals surface area (Å²) in [5.41, 5.74) is 0.106. The topological polar surface area (TPSA) is 52.6 Å². The lowest BCUT2D eigenvalue weighted by atomic mass is 10.1. The van der Waals surface area contributed by atoms with Crippen LogP contribution in [0.25, 0.3) is 0 Å². The first-order valence-electron chi connectivity index (χ1n) is 4.52. The Bertz CT molecular complexity index is 414. The molecule has 0 N–H and O–H groups in total. The van der Waals surface area contributed by atoms with Crippen LogP contribution < -0.4 is 4.74 Å². The van der Waals surface area contributed by atoms with E-state index in [0.29, 0.717) is 5.75 Å². The van der Waals surface area contributed by atoms with Crippen molar-refractivity contribution in [2.24, 2.45) is 0 Å². The van der Waals surface area contributed by atoms with Crippen LogP contribution in [-0.2, 0) is 20.7 Å². The van der Waals surface area contributed by atoms with Crippen LogP contribution in [-0.4, -0.2) is 26.0 Å². The van der Waals surface area contributed by atoms with E-state index in [1.165, 1.54) is 25.3 Å². The van der Waals surface area contributed by atoms with Crippen LogP contribution in [0.4, 0.5) is 4.39 Å². The molecular formula is C11H11FO4. The second-order valence-electron chi connectivity index (χ2n) is 3.05. The Morgan fingerprint density at radius 2 is 2.00 bits per heavy atom. The molecule has 0 bridgehead atoms. The molecule has 0 radical (unpaired) electrons. The van der Waals surface area contributed by atoms with Gasteiger partial charge in [-0.25, -0.2) is 9.18 Å². The van der Waals surface area contributed by atoms with E-state index in [2.05, 4.69) is 4.74 Å². The van der Waals surface area contributed by atoms with Crippen LogP contribution in [0.1, 0.15) is 5.56 Å². The zero-order valence-electron chi connectivity index (χ0n) is 8.95. The van der Waals surface area contributed by atoms with E-state index in [0.717, 1.165) is 7.11 Å². The summed E-state index contributed by atoms with van der Waals surface area (Å²) < 4.78 is 22.4. The summed E-state index contributed by atoms with van der Waals surface area (Å²) in [5, 5.41) is 0. The number of esters is 1. The van der Waals surface area contributed by atoms with Gasteiger partial charge < -0.3 is 9.47 Å². The zero-order chi connectivity index (χ0) is 12.1. The van der Waals surface area contributed by atoms with Crippen LogP contribution in [0.5, 0.6) is 5.75 Å². The quantitative estimate of drug-likeness (QED) is 0.570. The molecule has 0 aliphatic rings. The van der Waals surface area contributed by atoms with E-state index in [1.807, 2.05) is 0 Å². The first kappa shape index (κ1) is 12.2. The summed E-state index contributed by atoms with van der Waals surface area (Å²) in [4.78, 5) is 22.1. The number of carbonyl (C=O) groups is 2. The third-order valence-electron chi connectivity index (χ3n) is 2.02. The van der Waals surface area contributed by atoms with E-state index >= 15 is 0 Å². The van der Waals surface area contributed by atoms with E-state index in [4.69, 9.17) is 4.74 Å². The van der Waals surface area contributed by atoms with Crippen molar-refractivity contribution in [3.8, 4) is 5.75 Å². The fourth-order valence-electron chi connectivity index (χ4n) is 1.17. The van der Waals surface area contributed by atoms with Gasteiger partial charge in [-0.15, -0.1) is 0 Å². The van der Waals surface area contributed by atoms with Gasteiger partial charge in [-0.1, -0.05) is 0 Å². The maximum absolute atomic E-state index is 13.3. The van der Waals surface area contributed by atoms with Crippen LogP contribution in [0.15, 0.2) is 18.2 Å². The van der Waals surface area contributed by atoms with Crippen molar-refractivity contribution >= 4 is 11.8 Å². The number of ketones is 1. The highest BCUT2D eigenvalue weighted by molar-refractivity contribution is 6.34. The Morgan fingerprint density at radius 3 is 2.56 bits per heavy atom. The maximum atomic E-state index is 13.3. The molecule has 0 atom stereocenters. The monoisotopic (exact) mass is 226 g/mol. The van der Waals surface area contributed by atoms with Gasteiger partial charge in [0.2, 0.25) is 5.78 Å². The average Bonchev–Trinajstić information content (AvgIpc) is 2.30. The lowest BCUT2D eigenvalue weighted by Gasteiger charge is -2.04. The summed E-state index contributed by atoms with van der Waals surface area (Å²) in [6.45, 7) is 0. The van der Waals surface area contributed by atoms with Gasteiger partial charge in [0.05, 0.1) is 14.2 Å². The van der Waals surface area contributed by atoms with Gasteiger partial charge in [-0.05, 0) is 23.8 Å². The van der Waals surface area contributed by atoms with Gasteiger partial charge in [0, 0.05) is 6.42 Å². The van der Waals surface area contributed by atoms with Crippen LogP contribution >= 0.6 is 0 Å². The van der Waals surface area contributed by atoms with Gasteiger partial charge in [0.15, 0.2) is 0 Å². The van der Waals surface area contributed by atoms with Gasteiger partial charge in [0.1, 0.15) is 11.6 Å². The van der Waals surface area contributed by atoms with Crippen molar-refractivity contribution < 1.29 is 23.5 Å². The number of ether oxygens (including phenoxy) is 2. The molecule has 0 unspecified atom stereocenters. The van der Waals surface area contributed by atoms with Crippen LogP contribution in [0.2, 0.25) is 0 Å². The summed E-state index contributed by atoms with van der Waals surface area (Å²) in [6, 6.07) is 3.98. The average molecular weight is 226 g/mol. The van der Waals surface area contributed by atoms with Crippen LogP contribution in [0.3, 0.4) is 0 Å². The highest BCUT2D eigenvalue weighted by Crippen LogP contribution is 2.17. The minimum atomic E-state index is -0.984. The largest absolute Gasteiger partial charge is 0.497 e. The molecule has 0 aliphatic heterocycles. The molecular weight excluding hydrogens is 215 g/mol. The molecule has 4 nitrogen and oxygen atoms in total. The number of halogens is 1. The summed E-state index contributed by atoms with van der Waals surface area (Å²) in [6.07, 6.45) is -0.338. The highest BCUT2D eigenvalue weighted by atomic mass is 19.1. The Balaban J connectivity index is 2.88. The minimum absolute atomic E-state index is 0.106. The van der Waals surface area contributed by atoms with E-state index in [1.54, 1.807) is 0 Å². The molecule has 1 rings (SSSR count). The molecule has 5 heteroatoms. The first-order chi connectivity index (χ1) is 7.58. The summed E-state index contributed by atoms with van der Waals surface area (Å²) in [5.74, 6) is -1.91. The van der Waals surface area contributed by atoms with Crippen LogP contribution in [0, 0.1) is 5.82 Å². The predicted molar refractivity (Wildman–Crippen MR) is 53.7 cm³/mol. The number of carbonyl (C=O) groups excluding carboxylic acids is 2. The molecule has 0 amide bonds. The molecule has 1 aromatic carbocycles. The number of benzene rings is 1. The van der Waals surface area contributed by atoms with Crippen molar-refractivity contribution in [2.75, 3.05) is 14.2 Å². The fraction of sp³-hybridized carbons (Fsp3) is 0.273. The van der Waals surface area contributed by atoms with Crippen molar-refractivity contribution in [3.63, 3.8) is 0 Å². The number of methoxy groups -OCH3 is 2. The third kappa shape index (κ3) is 2.79. The second-order valence-corrected chi connectivity index (χ2v) is 3.05. The van der Waals surface area contributed by atoms with E-state index in [-0.39, 0.29) is 12.0 Å². The zero-order valence-corrected chi connectivity index (χ0v) is 8.95. The molecule has 0 aromatic heterocycles. The van der Waals surface area contributed by atoms with Crippen molar-refractivity contribution in [2.45, 2.75) is 6.42 Å². The second kappa shape index (κ2) is 5.25. The molecule has 1 aromatic rings. The number of rotatable bonds is 4. The summed E-state index contributed by atoms with van der Waals surface area (Å²) in [7, 11) is 2.53. The van der Waals surface area contributed by atoms with Crippen molar-refractivity contribution in [3.05, 3.63) is 29.6 Å². The van der Waals surface area contributed by atoms with Gasteiger partial charge in [0.25, 0.3) is 0 Å².